The number of benzene rings is 1. The van der Waals surface area contributed by atoms with Gasteiger partial charge in [0.15, 0.2) is 11.5 Å². The van der Waals surface area contributed by atoms with E-state index in [9.17, 15) is 9.59 Å². The van der Waals surface area contributed by atoms with E-state index in [1.54, 1.807) is 22.3 Å². The van der Waals surface area contributed by atoms with E-state index in [1.165, 1.54) is 0 Å². The Morgan fingerprint density at radius 3 is 2.85 bits per heavy atom. The fourth-order valence-corrected chi connectivity index (χ4v) is 4.01. The molecule has 3 heterocycles. The van der Waals surface area contributed by atoms with E-state index in [0.29, 0.717) is 31.3 Å². The van der Waals surface area contributed by atoms with Gasteiger partial charge in [0.1, 0.15) is 13.2 Å². The van der Waals surface area contributed by atoms with Crippen LogP contribution in [0.25, 0.3) is 0 Å². The Kier molecular flexibility index (Phi) is 4.55. The van der Waals surface area contributed by atoms with Gasteiger partial charge in [0.05, 0.1) is 12.0 Å². The number of rotatable bonds is 4. The molecule has 1 aromatic carbocycles. The van der Waals surface area contributed by atoms with Gasteiger partial charge in [0.2, 0.25) is 11.8 Å². The second-order valence-corrected chi connectivity index (χ2v) is 7.46. The minimum absolute atomic E-state index is 0.0504. The molecule has 0 spiro atoms. The monoisotopic (exact) mass is 372 g/mol. The molecule has 2 aromatic rings. The molecule has 0 bridgehead atoms. The maximum Gasteiger partial charge on any atom is 0.227 e. The summed E-state index contributed by atoms with van der Waals surface area (Å²) in [5.41, 5.74) is 0.737. The highest BCUT2D eigenvalue weighted by atomic mass is 32.1. The molecular formula is C19H20N2O4S. The first-order valence-corrected chi connectivity index (χ1v) is 9.53. The van der Waals surface area contributed by atoms with Gasteiger partial charge in [-0.3, -0.25) is 9.59 Å². The third-order valence-corrected chi connectivity index (χ3v) is 5.72. The van der Waals surface area contributed by atoms with Crippen LogP contribution in [0.1, 0.15) is 24.3 Å². The Hall–Kier alpha value is -2.54. The highest BCUT2D eigenvalue weighted by Gasteiger charge is 2.36. The number of ether oxygens (including phenoxy) is 2. The van der Waals surface area contributed by atoms with Crippen LogP contribution in [0.5, 0.6) is 11.5 Å². The number of fused-ring (bicyclic) bond motifs is 1. The van der Waals surface area contributed by atoms with Gasteiger partial charge in [-0.05, 0) is 30.5 Å². The second kappa shape index (κ2) is 6.99. The standard InChI is InChI=1S/C19H20N2O4S/c1-12(17-3-2-8-26-17)20-19(23)13-9-18(22)21(11-13)14-4-5-15-16(10-14)25-7-6-24-15/h2-5,8,10,12-13H,6-7,9,11H2,1H3,(H,20,23)/t12-,13-/m0/s1. The lowest BCUT2D eigenvalue weighted by Gasteiger charge is -2.22. The molecule has 1 fully saturated rings. The van der Waals surface area contributed by atoms with Gasteiger partial charge in [-0.2, -0.15) is 0 Å². The summed E-state index contributed by atoms with van der Waals surface area (Å²) >= 11 is 1.61. The fraction of sp³-hybridized carbons (Fsp3) is 0.368. The first-order chi connectivity index (χ1) is 12.6. The molecule has 6 nitrogen and oxygen atoms in total. The van der Waals surface area contributed by atoms with Crippen LogP contribution >= 0.6 is 11.3 Å². The number of anilines is 1. The first kappa shape index (κ1) is 16.9. The molecule has 7 heteroatoms. The Labute approximate surface area is 155 Å². The minimum atomic E-state index is -0.349. The molecule has 1 aromatic heterocycles. The van der Waals surface area contributed by atoms with Gasteiger partial charge >= 0.3 is 0 Å². The van der Waals surface area contributed by atoms with Gasteiger partial charge in [0, 0.05) is 29.6 Å². The van der Waals surface area contributed by atoms with Gasteiger partial charge < -0.3 is 19.7 Å². The highest BCUT2D eigenvalue weighted by molar-refractivity contribution is 7.10. The van der Waals surface area contributed by atoms with E-state index < -0.39 is 0 Å². The van der Waals surface area contributed by atoms with Crippen LogP contribution in [0, 0.1) is 5.92 Å². The average molecular weight is 372 g/mol. The predicted octanol–water partition coefficient (Wildman–Crippen LogP) is 2.75. The zero-order valence-corrected chi connectivity index (χ0v) is 15.3. The summed E-state index contributed by atoms with van der Waals surface area (Å²) in [5.74, 6) is 0.842. The van der Waals surface area contributed by atoms with E-state index >= 15 is 0 Å². The zero-order valence-electron chi connectivity index (χ0n) is 14.4. The van der Waals surface area contributed by atoms with Crippen LogP contribution in [0.15, 0.2) is 35.7 Å². The van der Waals surface area contributed by atoms with Crippen LogP contribution in [-0.2, 0) is 9.59 Å². The molecule has 26 heavy (non-hydrogen) atoms. The molecule has 0 saturated carbocycles. The molecule has 2 atom stereocenters. The molecule has 2 aliphatic rings. The van der Waals surface area contributed by atoms with E-state index in [1.807, 2.05) is 36.6 Å². The van der Waals surface area contributed by atoms with Crippen molar-refractivity contribution in [1.29, 1.82) is 0 Å². The molecule has 1 saturated heterocycles. The van der Waals surface area contributed by atoms with Crippen LogP contribution in [0.3, 0.4) is 0 Å². The smallest absolute Gasteiger partial charge is 0.227 e. The number of hydrogen-bond acceptors (Lipinski definition) is 5. The SMILES string of the molecule is C[C@H](NC(=O)[C@H]1CC(=O)N(c2ccc3c(c2)OCCO3)C1)c1cccs1. The van der Waals surface area contributed by atoms with Crippen molar-refractivity contribution in [3.63, 3.8) is 0 Å². The van der Waals surface area contributed by atoms with Crippen molar-refractivity contribution in [1.82, 2.24) is 5.32 Å². The summed E-state index contributed by atoms with van der Waals surface area (Å²) in [7, 11) is 0. The van der Waals surface area contributed by atoms with Crippen LogP contribution < -0.4 is 19.7 Å². The topological polar surface area (TPSA) is 67.9 Å². The van der Waals surface area contributed by atoms with Crippen LogP contribution in [0.2, 0.25) is 0 Å². The number of carbonyl (C=O) groups excluding carboxylic acids is 2. The number of thiophene rings is 1. The maximum atomic E-state index is 12.6. The van der Waals surface area contributed by atoms with Crippen molar-refractivity contribution in [2.45, 2.75) is 19.4 Å². The minimum Gasteiger partial charge on any atom is -0.486 e. The summed E-state index contributed by atoms with van der Waals surface area (Å²) in [6.07, 6.45) is 0.220. The van der Waals surface area contributed by atoms with E-state index in [4.69, 9.17) is 9.47 Å². The van der Waals surface area contributed by atoms with Crippen molar-refractivity contribution in [3.05, 3.63) is 40.6 Å². The van der Waals surface area contributed by atoms with E-state index in [0.717, 1.165) is 10.6 Å². The molecule has 1 N–H and O–H groups in total. The molecule has 136 valence electrons. The Morgan fingerprint density at radius 2 is 2.08 bits per heavy atom. The van der Waals surface area contributed by atoms with Gasteiger partial charge in [-0.25, -0.2) is 0 Å². The Balaban J connectivity index is 1.44. The number of nitrogens with zero attached hydrogens (tertiary/aromatic N) is 1. The van der Waals surface area contributed by atoms with E-state index in [2.05, 4.69) is 5.32 Å². The highest BCUT2D eigenvalue weighted by Crippen LogP contribution is 2.36. The molecule has 2 aliphatic heterocycles. The number of nitrogens with one attached hydrogen (secondary N) is 1. The van der Waals surface area contributed by atoms with Crippen molar-refractivity contribution in [2.75, 3.05) is 24.7 Å². The van der Waals surface area contributed by atoms with Crippen molar-refractivity contribution in [3.8, 4) is 11.5 Å². The Morgan fingerprint density at radius 1 is 1.27 bits per heavy atom. The summed E-state index contributed by atoms with van der Waals surface area (Å²) in [6, 6.07) is 9.35. The van der Waals surface area contributed by atoms with Crippen LogP contribution in [-0.4, -0.2) is 31.6 Å². The Bertz CT molecular complexity index is 821. The van der Waals surface area contributed by atoms with Crippen LogP contribution in [0.4, 0.5) is 5.69 Å². The number of amides is 2. The third-order valence-electron chi connectivity index (χ3n) is 4.66. The third kappa shape index (κ3) is 3.26. The summed E-state index contributed by atoms with van der Waals surface area (Å²) < 4.78 is 11.1. The van der Waals surface area contributed by atoms with Gasteiger partial charge in [-0.15, -0.1) is 11.3 Å². The normalized spacial score (nSPS) is 20.1. The van der Waals surface area contributed by atoms with E-state index in [-0.39, 0.29) is 30.2 Å². The molecule has 0 unspecified atom stereocenters. The molecular weight excluding hydrogens is 352 g/mol. The predicted molar refractivity (Wildman–Crippen MR) is 98.8 cm³/mol. The second-order valence-electron chi connectivity index (χ2n) is 6.48. The van der Waals surface area contributed by atoms with Gasteiger partial charge in [0.25, 0.3) is 0 Å². The quantitative estimate of drug-likeness (QED) is 0.896. The lowest BCUT2D eigenvalue weighted by Crippen LogP contribution is -2.34. The average Bonchev–Trinajstić information content (AvgIpc) is 3.31. The summed E-state index contributed by atoms with van der Waals surface area (Å²) in [5, 5.41) is 5.00. The molecule has 4 rings (SSSR count). The summed E-state index contributed by atoms with van der Waals surface area (Å²) in [6.45, 7) is 3.36. The lowest BCUT2D eigenvalue weighted by molar-refractivity contribution is -0.126. The van der Waals surface area contributed by atoms with Crippen molar-refractivity contribution >= 4 is 28.8 Å². The molecule has 0 aliphatic carbocycles. The largest absolute Gasteiger partial charge is 0.486 e. The maximum absolute atomic E-state index is 12.6. The fourth-order valence-electron chi connectivity index (χ4n) is 3.27. The van der Waals surface area contributed by atoms with Gasteiger partial charge in [-0.1, -0.05) is 6.07 Å². The van der Waals surface area contributed by atoms with Crippen molar-refractivity contribution in [2.24, 2.45) is 5.92 Å². The molecule has 0 radical (unpaired) electrons. The first-order valence-electron chi connectivity index (χ1n) is 8.65. The number of carbonyl (C=O) groups is 2. The molecule has 2 amide bonds. The number of hydrogen-bond donors (Lipinski definition) is 1. The zero-order chi connectivity index (χ0) is 18.1. The lowest BCUT2D eigenvalue weighted by atomic mass is 10.1. The summed E-state index contributed by atoms with van der Waals surface area (Å²) in [4.78, 5) is 27.8. The van der Waals surface area contributed by atoms with Crippen molar-refractivity contribution < 1.29 is 19.1 Å².